The van der Waals surface area contributed by atoms with E-state index in [0.717, 1.165) is 0 Å². The molecule has 1 fully saturated rings. The van der Waals surface area contributed by atoms with E-state index in [1.54, 1.807) is 38.1 Å². The fraction of sp³-hybridized carbons (Fsp3) is 0.368. The summed E-state index contributed by atoms with van der Waals surface area (Å²) in [7, 11) is 0. The number of benzene rings is 1. The number of hydrogen-bond acceptors (Lipinski definition) is 5. The van der Waals surface area contributed by atoms with Gasteiger partial charge >= 0.3 is 5.97 Å². The van der Waals surface area contributed by atoms with Crippen molar-refractivity contribution in [2.75, 3.05) is 5.32 Å². The predicted molar refractivity (Wildman–Crippen MR) is 98.0 cm³/mol. The van der Waals surface area contributed by atoms with Gasteiger partial charge < -0.3 is 15.2 Å². The van der Waals surface area contributed by atoms with Crippen LogP contribution in [0.5, 0.6) is 0 Å². The fourth-order valence-corrected chi connectivity index (χ4v) is 3.50. The monoisotopic (exact) mass is 387 g/mol. The van der Waals surface area contributed by atoms with Gasteiger partial charge in [-0.3, -0.25) is 30.0 Å². The number of nitrogens with one attached hydrogen (secondary N) is 3. The van der Waals surface area contributed by atoms with Crippen LogP contribution < -0.4 is 16.2 Å². The molecule has 9 heteroatoms. The summed E-state index contributed by atoms with van der Waals surface area (Å²) in [6, 6.07) is 6.13. The van der Waals surface area contributed by atoms with Gasteiger partial charge in [0.05, 0.1) is 17.6 Å². The number of anilines is 1. The van der Waals surface area contributed by atoms with E-state index in [2.05, 4.69) is 16.2 Å². The Labute approximate surface area is 161 Å². The van der Waals surface area contributed by atoms with Crippen LogP contribution >= 0.6 is 0 Å². The summed E-state index contributed by atoms with van der Waals surface area (Å²) in [4.78, 5) is 47.7. The highest BCUT2D eigenvalue weighted by molar-refractivity contribution is 5.97. The molecule has 0 saturated carbocycles. The minimum absolute atomic E-state index is 0.145. The lowest BCUT2D eigenvalue weighted by molar-refractivity contribution is -0.147. The molecule has 148 valence electrons. The molecule has 2 heterocycles. The Morgan fingerprint density at radius 3 is 2.43 bits per heavy atom. The van der Waals surface area contributed by atoms with Gasteiger partial charge in [0.1, 0.15) is 5.92 Å². The van der Waals surface area contributed by atoms with Crippen molar-refractivity contribution in [1.82, 2.24) is 10.9 Å². The summed E-state index contributed by atoms with van der Waals surface area (Å²) in [6.07, 6.45) is 2.98. The van der Waals surface area contributed by atoms with Crippen LogP contribution in [0, 0.1) is 11.8 Å². The molecular formula is C19H21N3O6. The normalized spacial score (nSPS) is 27.3. The molecule has 1 aromatic rings. The van der Waals surface area contributed by atoms with Gasteiger partial charge in [-0.25, -0.2) is 0 Å². The Morgan fingerprint density at radius 2 is 1.82 bits per heavy atom. The van der Waals surface area contributed by atoms with E-state index in [0.29, 0.717) is 12.1 Å². The van der Waals surface area contributed by atoms with Crippen LogP contribution in [0.2, 0.25) is 0 Å². The van der Waals surface area contributed by atoms with Crippen molar-refractivity contribution in [3.63, 3.8) is 0 Å². The zero-order valence-electron chi connectivity index (χ0n) is 15.4. The summed E-state index contributed by atoms with van der Waals surface area (Å²) in [5, 5.41) is 12.1. The van der Waals surface area contributed by atoms with Crippen molar-refractivity contribution in [2.24, 2.45) is 11.8 Å². The highest BCUT2D eigenvalue weighted by Crippen LogP contribution is 2.46. The molecule has 0 spiro atoms. The first kappa shape index (κ1) is 19.6. The Kier molecular flexibility index (Phi) is 5.19. The zero-order chi connectivity index (χ0) is 20.5. The molecule has 4 N–H and O–H groups in total. The molecule has 2 bridgehead atoms. The number of carboxylic acid groups (broad SMARTS) is 1. The van der Waals surface area contributed by atoms with E-state index < -0.39 is 41.3 Å². The summed E-state index contributed by atoms with van der Waals surface area (Å²) in [5.74, 6) is -4.47. The van der Waals surface area contributed by atoms with Crippen LogP contribution in [0.25, 0.3) is 0 Å². The quantitative estimate of drug-likeness (QED) is 0.437. The SMILES string of the molecule is CCC(=O)Nc1ccc(C(=O)NNC(=O)C2C(C(=O)O)C3C=CC2(C)O3)cc1. The number of hydrogen-bond donors (Lipinski definition) is 4. The van der Waals surface area contributed by atoms with E-state index >= 15 is 0 Å². The van der Waals surface area contributed by atoms with E-state index in [4.69, 9.17) is 4.74 Å². The molecule has 0 aliphatic carbocycles. The summed E-state index contributed by atoms with van der Waals surface area (Å²) in [6.45, 7) is 3.37. The fourth-order valence-electron chi connectivity index (χ4n) is 3.50. The van der Waals surface area contributed by atoms with Gasteiger partial charge in [-0.1, -0.05) is 19.1 Å². The molecule has 3 rings (SSSR count). The Hall–Kier alpha value is -3.20. The second-order valence-electron chi connectivity index (χ2n) is 6.89. The van der Waals surface area contributed by atoms with Crippen LogP contribution in [0.15, 0.2) is 36.4 Å². The standard InChI is InChI=1S/C19H21N3O6/c1-3-13(23)20-11-6-4-10(5-7-11)16(24)21-22-17(25)15-14(18(26)27)12-8-9-19(15,2)28-12/h4-9,12,14-15H,3H2,1-2H3,(H,20,23)(H,21,24)(H,22,25)(H,26,27). The average molecular weight is 387 g/mol. The molecule has 4 unspecified atom stereocenters. The van der Waals surface area contributed by atoms with Crippen LogP contribution in [0.1, 0.15) is 30.6 Å². The van der Waals surface area contributed by atoms with Gasteiger partial charge in [0.2, 0.25) is 11.8 Å². The van der Waals surface area contributed by atoms with Crippen molar-refractivity contribution < 1.29 is 29.0 Å². The largest absolute Gasteiger partial charge is 0.481 e. The van der Waals surface area contributed by atoms with Crippen LogP contribution in [0.4, 0.5) is 5.69 Å². The Bertz CT molecular complexity index is 850. The minimum Gasteiger partial charge on any atom is -0.481 e. The highest BCUT2D eigenvalue weighted by atomic mass is 16.5. The van der Waals surface area contributed by atoms with E-state index in [-0.39, 0.29) is 11.5 Å². The third-order valence-corrected chi connectivity index (χ3v) is 4.96. The first-order valence-corrected chi connectivity index (χ1v) is 8.85. The van der Waals surface area contributed by atoms with E-state index in [1.165, 1.54) is 12.1 Å². The number of amides is 3. The van der Waals surface area contributed by atoms with Crippen molar-refractivity contribution >= 4 is 29.4 Å². The number of carbonyl (C=O) groups excluding carboxylic acids is 3. The number of aliphatic carboxylic acids is 1. The highest BCUT2D eigenvalue weighted by Gasteiger charge is 2.59. The minimum atomic E-state index is -1.13. The number of hydrazine groups is 1. The van der Waals surface area contributed by atoms with Gasteiger partial charge in [0.15, 0.2) is 0 Å². The zero-order valence-corrected chi connectivity index (χ0v) is 15.4. The number of carbonyl (C=O) groups is 4. The number of ether oxygens (including phenoxy) is 1. The average Bonchev–Trinajstić information content (AvgIpc) is 3.19. The van der Waals surface area contributed by atoms with Crippen molar-refractivity contribution in [3.8, 4) is 0 Å². The molecule has 0 radical (unpaired) electrons. The van der Waals surface area contributed by atoms with Gasteiger partial charge in [-0.05, 0) is 31.2 Å². The molecule has 4 atom stereocenters. The molecule has 0 aromatic heterocycles. The number of rotatable bonds is 5. The Morgan fingerprint density at radius 1 is 1.14 bits per heavy atom. The predicted octanol–water partition coefficient (Wildman–Crippen LogP) is 0.840. The second-order valence-corrected chi connectivity index (χ2v) is 6.89. The lowest BCUT2D eigenvalue weighted by atomic mass is 9.76. The molecule has 3 amide bonds. The van der Waals surface area contributed by atoms with Gasteiger partial charge in [-0.15, -0.1) is 0 Å². The van der Waals surface area contributed by atoms with Crippen molar-refractivity contribution in [2.45, 2.75) is 32.0 Å². The summed E-state index contributed by atoms with van der Waals surface area (Å²) < 4.78 is 5.61. The number of fused-ring (bicyclic) bond motifs is 2. The van der Waals surface area contributed by atoms with Crippen LogP contribution in [-0.2, 0) is 19.1 Å². The summed E-state index contributed by atoms with van der Waals surface area (Å²) in [5.41, 5.74) is 4.36. The molecule has 9 nitrogen and oxygen atoms in total. The van der Waals surface area contributed by atoms with Crippen molar-refractivity contribution in [3.05, 3.63) is 42.0 Å². The van der Waals surface area contributed by atoms with Gasteiger partial charge in [0, 0.05) is 17.7 Å². The van der Waals surface area contributed by atoms with Crippen LogP contribution in [0.3, 0.4) is 0 Å². The molecule has 2 aliphatic heterocycles. The smallest absolute Gasteiger partial charge is 0.310 e. The third kappa shape index (κ3) is 3.61. The molecule has 28 heavy (non-hydrogen) atoms. The lowest BCUT2D eigenvalue weighted by Crippen LogP contribution is -2.52. The van der Waals surface area contributed by atoms with Crippen LogP contribution in [-0.4, -0.2) is 40.5 Å². The number of carboxylic acids is 1. The van der Waals surface area contributed by atoms with Crippen molar-refractivity contribution in [1.29, 1.82) is 0 Å². The molecule has 1 aromatic carbocycles. The van der Waals surface area contributed by atoms with Gasteiger partial charge in [0.25, 0.3) is 5.91 Å². The maximum absolute atomic E-state index is 12.5. The van der Waals surface area contributed by atoms with E-state index in [9.17, 15) is 24.3 Å². The molecule has 2 aliphatic rings. The second kappa shape index (κ2) is 7.43. The first-order chi connectivity index (χ1) is 13.2. The maximum Gasteiger partial charge on any atom is 0.310 e. The summed E-state index contributed by atoms with van der Waals surface area (Å²) >= 11 is 0. The van der Waals surface area contributed by atoms with Gasteiger partial charge in [-0.2, -0.15) is 0 Å². The molecular weight excluding hydrogens is 366 g/mol. The Balaban J connectivity index is 1.61. The maximum atomic E-state index is 12.5. The van der Waals surface area contributed by atoms with E-state index in [1.807, 2.05) is 0 Å². The topological polar surface area (TPSA) is 134 Å². The lowest BCUT2D eigenvalue weighted by Gasteiger charge is -2.27. The third-order valence-electron chi connectivity index (χ3n) is 4.96. The first-order valence-electron chi connectivity index (χ1n) is 8.85. The molecule has 1 saturated heterocycles.